The van der Waals surface area contributed by atoms with E-state index in [9.17, 15) is 0 Å². The number of pyridine rings is 1. The van der Waals surface area contributed by atoms with Gasteiger partial charge >= 0.3 is 0 Å². The van der Waals surface area contributed by atoms with E-state index < -0.39 is 0 Å². The Bertz CT molecular complexity index is 915. The number of nitriles is 1. The summed E-state index contributed by atoms with van der Waals surface area (Å²) in [5.74, 6) is 1.40. The molecule has 0 fully saturated rings. The predicted molar refractivity (Wildman–Crippen MR) is 88.4 cm³/mol. The van der Waals surface area contributed by atoms with Crippen LogP contribution in [0.5, 0.6) is 17.4 Å². The van der Waals surface area contributed by atoms with Crippen molar-refractivity contribution in [3.05, 3.63) is 48.0 Å². The van der Waals surface area contributed by atoms with Crippen molar-refractivity contribution in [3.63, 3.8) is 0 Å². The van der Waals surface area contributed by atoms with Gasteiger partial charge in [0.25, 0.3) is 0 Å². The number of rotatable bonds is 3. The van der Waals surface area contributed by atoms with Gasteiger partial charge in [-0.15, -0.1) is 0 Å². The lowest BCUT2D eigenvalue weighted by Gasteiger charge is -2.10. The standard InChI is InChI=1S/C17H14N4O2/c1-22-16-8-15-13(6-10(16)9-18)14(20)7-17(21-15)23-12-4-2-11(19)3-5-12/h2-8H,19H2,1H3,(H2,20,21). The number of anilines is 2. The third-order valence-electron chi connectivity index (χ3n) is 3.36. The van der Waals surface area contributed by atoms with Gasteiger partial charge in [-0.25, -0.2) is 4.98 Å². The molecule has 0 unspecified atom stereocenters. The molecule has 0 aliphatic carbocycles. The van der Waals surface area contributed by atoms with E-state index in [4.69, 9.17) is 26.2 Å². The van der Waals surface area contributed by atoms with E-state index in [1.807, 2.05) is 0 Å². The van der Waals surface area contributed by atoms with E-state index in [1.165, 1.54) is 7.11 Å². The van der Waals surface area contributed by atoms with E-state index in [-0.39, 0.29) is 0 Å². The lowest BCUT2D eigenvalue weighted by atomic mass is 10.1. The van der Waals surface area contributed by atoms with Gasteiger partial charge in [0.05, 0.1) is 18.2 Å². The summed E-state index contributed by atoms with van der Waals surface area (Å²) < 4.78 is 10.9. The fraction of sp³-hybridized carbons (Fsp3) is 0.0588. The third-order valence-corrected chi connectivity index (χ3v) is 3.36. The van der Waals surface area contributed by atoms with Crippen molar-refractivity contribution in [1.82, 2.24) is 4.98 Å². The highest BCUT2D eigenvalue weighted by Gasteiger charge is 2.11. The van der Waals surface area contributed by atoms with Crippen molar-refractivity contribution < 1.29 is 9.47 Å². The fourth-order valence-electron chi connectivity index (χ4n) is 2.22. The van der Waals surface area contributed by atoms with Crippen LogP contribution < -0.4 is 20.9 Å². The highest BCUT2D eigenvalue weighted by molar-refractivity contribution is 5.93. The molecule has 0 aliphatic rings. The highest BCUT2D eigenvalue weighted by atomic mass is 16.5. The molecule has 1 aromatic heterocycles. The molecular formula is C17H14N4O2. The van der Waals surface area contributed by atoms with Crippen LogP contribution in [0.4, 0.5) is 11.4 Å². The Kier molecular flexibility index (Phi) is 3.61. The summed E-state index contributed by atoms with van der Waals surface area (Å²) in [5, 5.41) is 9.82. The second-order valence-electron chi connectivity index (χ2n) is 4.90. The number of nitrogen functional groups attached to an aromatic ring is 2. The molecule has 3 aromatic rings. The summed E-state index contributed by atoms with van der Waals surface area (Å²) in [4.78, 5) is 4.41. The summed E-state index contributed by atoms with van der Waals surface area (Å²) in [6, 6.07) is 14.0. The molecule has 2 aromatic carbocycles. The van der Waals surface area contributed by atoms with Crippen LogP contribution in [-0.2, 0) is 0 Å². The topological polar surface area (TPSA) is 107 Å². The zero-order chi connectivity index (χ0) is 16.4. The number of fused-ring (bicyclic) bond motifs is 1. The molecule has 0 saturated carbocycles. The van der Waals surface area contributed by atoms with Gasteiger partial charge in [-0.1, -0.05) is 0 Å². The van der Waals surface area contributed by atoms with Crippen LogP contribution in [0.3, 0.4) is 0 Å². The average Bonchev–Trinajstić information content (AvgIpc) is 2.56. The Hall–Kier alpha value is -3.46. The predicted octanol–water partition coefficient (Wildman–Crippen LogP) is 3.07. The largest absolute Gasteiger partial charge is 0.495 e. The molecule has 114 valence electrons. The molecule has 23 heavy (non-hydrogen) atoms. The number of aromatic nitrogens is 1. The number of benzene rings is 2. The van der Waals surface area contributed by atoms with E-state index in [2.05, 4.69) is 11.1 Å². The molecule has 3 rings (SSSR count). The molecule has 1 heterocycles. The van der Waals surface area contributed by atoms with Crippen LogP contribution in [0.2, 0.25) is 0 Å². The van der Waals surface area contributed by atoms with Crippen LogP contribution in [0.25, 0.3) is 10.9 Å². The molecule has 0 amide bonds. The minimum atomic E-state index is 0.353. The minimum absolute atomic E-state index is 0.353. The fourth-order valence-corrected chi connectivity index (χ4v) is 2.22. The maximum atomic E-state index is 9.15. The average molecular weight is 306 g/mol. The summed E-state index contributed by atoms with van der Waals surface area (Å²) in [5.41, 5.74) is 13.8. The van der Waals surface area contributed by atoms with Crippen LogP contribution >= 0.6 is 0 Å². The summed E-state index contributed by atoms with van der Waals surface area (Å²) in [6.45, 7) is 0. The maximum absolute atomic E-state index is 9.15. The molecule has 0 saturated heterocycles. The van der Waals surface area contributed by atoms with Crippen LogP contribution in [0.15, 0.2) is 42.5 Å². The van der Waals surface area contributed by atoms with Crippen molar-refractivity contribution in [2.45, 2.75) is 0 Å². The Balaban J connectivity index is 2.06. The Morgan fingerprint density at radius 2 is 1.83 bits per heavy atom. The highest BCUT2D eigenvalue weighted by Crippen LogP contribution is 2.31. The van der Waals surface area contributed by atoms with Gasteiger partial charge in [-0.05, 0) is 30.3 Å². The van der Waals surface area contributed by atoms with Gasteiger partial charge in [0.2, 0.25) is 5.88 Å². The molecule has 6 heteroatoms. The van der Waals surface area contributed by atoms with Crippen molar-refractivity contribution in [3.8, 4) is 23.4 Å². The number of nitrogens with zero attached hydrogens (tertiary/aromatic N) is 2. The molecule has 4 N–H and O–H groups in total. The Morgan fingerprint density at radius 1 is 1.09 bits per heavy atom. The summed E-state index contributed by atoms with van der Waals surface area (Å²) >= 11 is 0. The monoisotopic (exact) mass is 306 g/mol. The summed E-state index contributed by atoms with van der Waals surface area (Å²) in [7, 11) is 1.50. The maximum Gasteiger partial charge on any atom is 0.221 e. The molecular weight excluding hydrogens is 292 g/mol. The van der Waals surface area contributed by atoms with Crippen LogP contribution in [-0.4, -0.2) is 12.1 Å². The number of ether oxygens (including phenoxy) is 2. The molecule has 0 radical (unpaired) electrons. The molecule has 0 atom stereocenters. The van der Waals surface area contributed by atoms with E-state index in [1.54, 1.807) is 42.5 Å². The number of hydrogen-bond donors (Lipinski definition) is 2. The van der Waals surface area contributed by atoms with Gasteiger partial charge in [0.15, 0.2) is 0 Å². The van der Waals surface area contributed by atoms with Gasteiger partial charge in [0, 0.05) is 28.9 Å². The molecule has 0 spiro atoms. The minimum Gasteiger partial charge on any atom is -0.495 e. The van der Waals surface area contributed by atoms with Gasteiger partial charge < -0.3 is 20.9 Å². The normalized spacial score (nSPS) is 10.3. The van der Waals surface area contributed by atoms with Crippen LogP contribution in [0, 0.1) is 11.3 Å². The first-order valence-corrected chi connectivity index (χ1v) is 6.82. The van der Waals surface area contributed by atoms with Gasteiger partial charge in [-0.3, -0.25) is 0 Å². The first-order valence-electron chi connectivity index (χ1n) is 6.82. The molecule has 6 nitrogen and oxygen atoms in total. The van der Waals surface area contributed by atoms with E-state index in [0.717, 1.165) is 0 Å². The van der Waals surface area contributed by atoms with Crippen LogP contribution in [0.1, 0.15) is 5.56 Å². The first kappa shape index (κ1) is 14.5. The number of hydrogen-bond acceptors (Lipinski definition) is 6. The first-order chi connectivity index (χ1) is 11.1. The second kappa shape index (κ2) is 5.73. The van der Waals surface area contributed by atoms with Crippen molar-refractivity contribution in [2.75, 3.05) is 18.6 Å². The lowest BCUT2D eigenvalue weighted by molar-refractivity contribution is 0.414. The van der Waals surface area contributed by atoms with Gasteiger partial charge in [-0.2, -0.15) is 5.26 Å². The van der Waals surface area contributed by atoms with E-state index >= 15 is 0 Å². The zero-order valence-electron chi connectivity index (χ0n) is 12.4. The Labute approximate surface area is 132 Å². The zero-order valence-corrected chi connectivity index (χ0v) is 12.4. The third kappa shape index (κ3) is 2.80. The quantitative estimate of drug-likeness (QED) is 0.720. The lowest BCUT2D eigenvalue weighted by Crippen LogP contribution is -1.96. The van der Waals surface area contributed by atoms with Crippen molar-refractivity contribution >= 4 is 22.3 Å². The smallest absolute Gasteiger partial charge is 0.221 e. The Morgan fingerprint density at radius 3 is 2.48 bits per heavy atom. The molecule has 0 aliphatic heterocycles. The number of methoxy groups -OCH3 is 1. The molecule has 0 bridgehead atoms. The van der Waals surface area contributed by atoms with Gasteiger partial charge in [0.1, 0.15) is 17.6 Å². The SMILES string of the molecule is COc1cc2nc(Oc3ccc(N)cc3)cc(N)c2cc1C#N. The van der Waals surface area contributed by atoms with Crippen molar-refractivity contribution in [1.29, 1.82) is 5.26 Å². The second-order valence-corrected chi connectivity index (χ2v) is 4.90. The van der Waals surface area contributed by atoms with Crippen molar-refractivity contribution in [2.24, 2.45) is 0 Å². The number of nitrogens with two attached hydrogens (primary N) is 2. The van der Waals surface area contributed by atoms with E-state index in [0.29, 0.717) is 45.2 Å². The summed E-state index contributed by atoms with van der Waals surface area (Å²) in [6.07, 6.45) is 0.